The lowest BCUT2D eigenvalue weighted by Gasteiger charge is -2.18. The number of amides is 3. The number of hydrogen-bond donors (Lipinski definition) is 1. The number of carbonyl (C=O) groups is 2. The van der Waals surface area contributed by atoms with Crippen LogP contribution in [-0.4, -0.2) is 29.9 Å². The first-order valence-electron chi connectivity index (χ1n) is 9.25. The SMILES string of the molecule is O=C1NC(=Cc2ccc(N3CCCC3)c(F)c2)C(=O)N1Cc1ccc(Cl)c(Cl)c1. The maximum atomic E-state index is 14.5. The number of hydrogen-bond acceptors (Lipinski definition) is 3. The first-order chi connectivity index (χ1) is 13.9. The van der Waals surface area contributed by atoms with Crippen molar-refractivity contribution in [3.63, 3.8) is 0 Å². The molecule has 0 saturated carbocycles. The van der Waals surface area contributed by atoms with E-state index in [0.29, 0.717) is 26.9 Å². The molecule has 0 spiro atoms. The van der Waals surface area contributed by atoms with E-state index in [9.17, 15) is 14.0 Å². The molecule has 0 aromatic heterocycles. The molecule has 2 aliphatic heterocycles. The summed E-state index contributed by atoms with van der Waals surface area (Å²) in [6.45, 7) is 1.74. The fourth-order valence-electron chi connectivity index (χ4n) is 3.53. The van der Waals surface area contributed by atoms with E-state index in [2.05, 4.69) is 5.32 Å². The lowest BCUT2D eigenvalue weighted by atomic mass is 10.1. The van der Waals surface area contributed by atoms with Gasteiger partial charge >= 0.3 is 6.03 Å². The van der Waals surface area contributed by atoms with Crippen LogP contribution in [0.2, 0.25) is 10.0 Å². The van der Waals surface area contributed by atoms with E-state index < -0.39 is 11.9 Å². The summed E-state index contributed by atoms with van der Waals surface area (Å²) >= 11 is 11.9. The van der Waals surface area contributed by atoms with Crippen LogP contribution in [0.1, 0.15) is 24.0 Å². The zero-order valence-corrected chi connectivity index (χ0v) is 16.9. The largest absolute Gasteiger partial charge is 0.369 e. The van der Waals surface area contributed by atoms with E-state index >= 15 is 0 Å². The first kappa shape index (κ1) is 19.7. The highest BCUT2D eigenvalue weighted by Gasteiger charge is 2.33. The number of nitrogens with one attached hydrogen (secondary N) is 1. The van der Waals surface area contributed by atoms with E-state index in [1.165, 1.54) is 12.1 Å². The van der Waals surface area contributed by atoms with Crippen LogP contribution in [0.3, 0.4) is 0 Å². The molecule has 8 heteroatoms. The van der Waals surface area contributed by atoms with Crippen molar-refractivity contribution in [1.29, 1.82) is 0 Å². The maximum absolute atomic E-state index is 14.5. The van der Waals surface area contributed by atoms with E-state index in [1.807, 2.05) is 4.90 Å². The first-order valence-corrected chi connectivity index (χ1v) is 10.0. The summed E-state index contributed by atoms with van der Waals surface area (Å²) < 4.78 is 14.5. The Labute approximate surface area is 177 Å². The molecule has 2 fully saturated rings. The van der Waals surface area contributed by atoms with Crippen molar-refractivity contribution >= 4 is 46.9 Å². The zero-order valence-electron chi connectivity index (χ0n) is 15.4. The summed E-state index contributed by atoms with van der Waals surface area (Å²) in [5.41, 5.74) is 1.84. The zero-order chi connectivity index (χ0) is 20.5. The second-order valence-corrected chi connectivity index (χ2v) is 7.85. The Morgan fingerprint density at radius 2 is 1.79 bits per heavy atom. The molecular weight excluding hydrogens is 416 g/mol. The van der Waals surface area contributed by atoms with E-state index in [-0.39, 0.29) is 18.1 Å². The fourth-order valence-corrected chi connectivity index (χ4v) is 3.85. The number of carbonyl (C=O) groups excluding carboxylic acids is 2. The monoisotopic (exact) mass is 433 g/mol. The number of urea groups is 1. The van der Waals surface area contributed by atoms with Gasteiger partial charge in [0.15, 0.2) is 0 Å². The average molecular weight is 434 g/mol. The molecule has 2 aromatic rings. The smallest absolute Gasteiger partial charge is 0.329 e. The van der Waals surface area contributed by atoms with Crippen LogP contribution in [0.15, 0.2) is 42.1 Å². The second-order valence-electron chi connectivity index (χ2n) is 7.03. The van der Waals surface area contributed by atoms with Crippen molar-refractivity contribution in [3.05, 3.63) is 69.1 Å². The molecule has 0 aliphatic carbocycles. The molecule has 29 heavy (non-hydrogen) atoms. The summed E-state index contributed by atoms with van der Waals surface area (Å²) in [7, 11) is 0. The Bertz CT molecular complexity index is 1020. The second kappa shape index (κ2) is 8.05. The highest BCUT2D eigenvalue weighted by Crippen LogP contribution is 2.27. The molecule has 0 radical (unpaired) electrons. The molecule has 5 nitrogen and oxygen atoms in total. The molecule has 2 saturated heterocycles. The quantitative estimate of drug-likeness (QED) is 0.554. The summed E-state index contributed by atoms with van der Waals surface area (Å²) in [6, 6.07) is 9.20. The molecule has 0 unspecified atom stereocenters. The molecular formula is C21H18Cl2FN3O2. The molecule has 3 amide bonds. The Morgan fingerprint density at radius 1 is 1.03 bits per heavy atom. The lowest BCUT2D eigenvalue weighted by molar-refractivity contribution is -0.123. The maximum Gasteiger partial charge on any atom is 0.329 e. The van der Waals surface area contributed by atoms with Crippen LogP contribution in [0.5, 0.6) is 0 Å². The number of halogens is 3. The van der Waals surface area contributed by atoms with E-state index in [0.717, 1.165) is 30.8 Å². The third-order valence-electron chi connectivity index (χ3n) is 5.02. The summed E-state index contributed by atoms with van der Waals surface area (Å²) in [6.07, 6.45) is 3.59. The van der Waals surface area contributed by atoms with Gasteiger partial charge in [0, 0.05) is 13.1 Å². The normalized spacial score (nSPS) is 18.1. The molecule has 2 aliphatic rings. The van der Waals surface area contributed by atoms with Gasteiger partial charge in [0.25, 0.3) is 5.91 Å². The highest BCUT2D eigenvalue weighted by molar-refractivity contribution is 6.42. The molecule has 2 heterocycles. The molecule has 4 rings (SSSR count). The van der Waals surface area contributed by atoms with E-state index in [1.54, 1.807) is 30.3 Å². The van der Waals surface area contributed by atoms with Gasteiger partial charge in [-0.05, 0) is 54.3 Å². The predicted octanol–water partition coefficient (Wildman–Crippen LogP) is 4.83. The van der Waals surface area contributed by atoms with Gasteiger partial charge < -0.3 is 10.2 Å². The standard InChI is InChI=1S/C21H18Cl2FN3O2/c22-15-5-3-14(9-16(15)23)12-27-20(28)18(25-21(27)29)11-13-4-6-19(17(24)10-13)26-7-1-2-8-26/h3-6,9-11H,1-2,7-8,12H2,(H,25,29). The van der Waals surface area contributed by atoms with Crippen molar-refractivity contribution in [1.82, 2.24) is 10.2 Å². The minimum Gasteiger partial charge on any atom is -0.369 e. The number of anilines is 1. The highest BCUT2D eigenvalue weighted by atomic mass is 35.5. The van der Waals surface area contributed by atoms with Gasteiger partial charge in [-0.25, -0.2) is 9.18 Å². The number of imide groups is 1. The van der Waals surface area contributed by atoms with Crippen LogP contribution in [-0.2, 0) is 11.3 Å². The van der Waals surface area contributed by atoms with Crippen molar-refractivity contribution in [3.8, 4) is 0 Å². The summed E-state index contributed by atoms with van der Waals surface area (Å²) in [5, 5.41) is 3.29. The minimum atomic E-state index is -0.540. The number of nitrogens with zero attached hydrogens (tertiary/aromatic N) is 2. The van der Waals surface area contributed by atoms with E-state index in [4.69, 9.17) is 23.2 Å². The minimum absolute atomic E-state index is 0.0567. The van der Waals surface area contributed by atoms with Crippen molar-refractivity contribution < 1.29 is 14.0 Å². The lowest BCUT2D eigenvalue weighted by Crippen LogP contribution is -2.30. The van der Waals surface area contributed by atoms with Crippen LogP contribution < -0.4 is 10.2 Å². The van der Waals surface area contributed by atoms with Gasteiger partial charge in [-0.2, -0.15) is 0 Å². The third-order valence-corrected chi connectivity index (χ3v) is 5.76. The average Bonchev–Trinajstić information content (AvgIpc) is 3.30. The van der Waals surface area contributed by atoms with Crippen molar-refractivity contribution in [2.24, 2.45) is 0 Å². The van der Waals surface area contributed by atoms with Gasteiger partial charge in [0.2, 0.25) is 0 Å². The Kier molecular flexibility index (Phi) is 5.48. The topological polar surface area (TPSA) is 52.7 Å². The van der Waals surface area contributed by atoms with Gasteiger partial charge in [0.1, 0.15) is 11.5 Å². The van der Waals surface area contributed by atoms with Crippen molar-refractivity contribution in [2.45, 2.75) is 19.4 Å². The Morgan fingerprint density at radius 3 is 2.48 bits per heavy atom. The van der Waals surface area contributed by atoms with Crippen LogP contribution in [0.4, 0.5) is 14.9 Å². The van der Waals surface area contributed by atoms with Crippen molar-refractivity contribution in [2.75, 3.05) is 18.0 Å². The molecule has 0 atom stereocenters. The summed E-state index contributed by atoms with van der Waals surface area (Å²) in [4.78, 5) is 28.0. The van der Waals surface area contributed by atoms with Gasteiger partial charge in [-0.3, -0.25) is 9.69 Å². The molecule has 0 bridgehead atoms. The molecule has 150 valence electrons. The van der Waals surface area contributed by atoms with Gasteiger partial charge in [-0.1, -0.05) is 35.3 Å². The number of rotatable bonds is 4. The van der Waals surface area contributed by atoms with Crippen LogP contribution in [0.25, 0.3) is 6.08 Å². The third kappa shape index (κ3) is 4.09. The number of benzene rings is 2. The fraction of sp³-hybridized carbons (Fsp3) is 0.238. The molecule has 1 N–H and O–H groups in total. The Balaban J connectivity index is 1.52. The van der Waals surface area contributed by atoms with Crippen LogP contribution >= 0.6 is 23.2 Å². The van der Waals surface area contributed by atoms with Gasteiger partial charge in [0.05, 0.1) is 22.3 Å². The molecule has 2 aromatic carbocycles. The van der Waals surface area contributed by atoms with Gasteiger partial charge in [-0.15, -0.1) is 0 Å². The van der Waals surface area contributed by atoms with Crippen LogP contribution in [0, 0.1) is 5.82 Å². The predicted molar refractivity (Wildman–Crippen MR) is 111 cm³/mol. The summed E-state index contributed by atoms with van der Waals surface area (Å²) in [5.74, 6) is -0.823. The Hall–Kier alpha value is -2.57.